The van der Waals surface area contributed by atoms with E-state index in [1.807, 2.05) is 22.9 Å². The van der Waals surface area contributed by atoms with Crippen LogP contribution in [0.4, 0.5) is 0 Å². The fourth-order valence-corrected chi connectivity index (χ4v) is 4.26. The molecule has 1 amide bonds. The van der Waals surface area contributed by atoms with Crippen molar-refractivity contribution in [1.29, 1.82) is 0 Å². The van der Waals surface area contributed by atoms with E-state index in [0.29, 0.717) is 17.9 Å². The minimum absolute atomic E-state index is 0.0659. The van der Waals surface area contributed by atoms with Crippen LogP contribution in [0.15, 0.2) is 42.0 Å². The van der Waals surface area contributed by atoms with Crippen molar-refractivity contribution in [3.8, 4) is 0 Å². The Balaban J connectivity index is 1.74. The molecule has 2 aliphatic heterocycles. The van der Waals surface area contributed by atoms with Gasteiger partial charge in [0.05, 0.1) is 6.20 Å². The van der Waals surface area contributed by atoms with Gasteiger partial charge in [-0.25, -0.2) is 9.36 Å². The molecule has 2 aliphatic rings. The lowest BCUT2D eigenvalue weighted by molar-refractivity contribution is -0.579. The number of aliphatic carboxylic acids is 1. The van der Waals surface area contributed by atoms with Crippen molar-refractivity contribution >= 4 is 29.3 Å². The minimum atomic E-state index is -1.09. The summed E-state index contributed by atoms with van der Waals surface area (Å²) in [7, 11) is 0. The molecule has 4 rings (SSSR count). The molecular formula is C14H14N5O3S+. The molecule has 8 nitrogen and oxygen atoms in total. The summed E-state index contributed by atoms with van der Waals surface area (Å²) in [6.07, 6.45) is 5.33. The first-order chi connectivity index (χ1) is 11.1. The number of carboxylic acid groups (broad SMARTS) is 1. The summed E-state index contributed by atoms with van der Waals surface area (Å²) in [4.78, 5) is 24.9. The fraction of sp³-hybridized carbons (Fsp3) is 0.286. The normalized spacial score (nSPS) is 23.9. The summed E-state index contributed by atoms with van der Waals surface area (Å²) in [6, 6.07) is 3.11. The topological polar surface area (TPSA) is 106 Å². The Bertz CT molecular complexity index is 861. The first-order valence-electron chi connectivity index (χ1n) is 7.05. The van der Waals surface area contributed by atoms with Gasteiger partial charge in [-0.1, -0.05) is 5.10 Å². The molecule has 0 spiro atoms. The standard InChI is InChI=1S/C14H13N5O3S/c15-10-12(20)19-11(14(21)22)8(7-23-13(10)19)6-17-4-5-18-9(17)2-1-3-16-18/h1-5,10,13H,6-7,15H2/p+1/t10-,13-/m1/s1. The lowest BCUT2D eigenvalue weighted by atomic mass is 10.0. The number of fused-ring (bicyclic) bond motifs is 2. The van der Waals surface area contributed by atoms with Crippen molar-refractivity contribution in [3.05, 3.63) is 42.0 Å². The van der Waals surface area contributed by atoms with E-state index in [0.717, 1.165) is 5.65 Å². The number of hydrogen-bond acceptors (Lipinski definition) is 5. The van der Waals surface area contributed by atoms with Crippen LogP contribution >= 0.6 is 11.8 Å². The van der Waals surface area contributed by atoms with E-state index in [1.54, 1.807) is 16.9 Å². The SMILES string of the molecule is N[C@@H]1C(=O)N2C(C(=O)O)=C(Cn3cc[n+]4ncccc34)CS[C@H]12. The third-order valence-corrected chi connectivity index (χ3v) is 5.45. The third kappa shape index (κ3) is 2.04. The summed E-state index contributed by atoms with van der Waals surface area (Å²) in [5, 5.41) is 13.5. The van der Waals surface area contributed by atoms with E-state index in [4.69, 9.17) is 5.73 Å². The highest BCUT2D eigenvalue weighted by atomic mass is 32.2. The highest BCUT2D eigenvalue weighted by Gasteiger charge is 2.51. The summed E-state index contributed by atoms with van der Waals surface area (Å²) < 4.78 is 3.63. The predicted molar refractivity (Wildman–Crippen MR) is 81.1 cm³/mol. The quantitative estimate of drug-likeness (QED) is 0.563. The Kier molecular flexibility index (Phi) is 3.13. The van der Waals surface area contributed by atoms with E-state index >= 15 is 0 Å². The molecule has 2 atom stereocenters. The molecule has 23 heavy (non-hydrogen) atoms. The highest BCUT2D eigenvalue weighted by Crippen LogP contribution is 2.39. The highest BCUT2D eigenvalue weighted by molar-refractivity contribution is 8.00. The number of nitrogens with zero attached hydrogens (tertiary/aromatic N) is 4. The van der Waals surface area contributed by atoms with Crippen LogP contribution < -0.4 is 10.2 Å². The lowest BCUT2D eigenvalue weighted by Gasteiger charge is -2.47. The summed E-state index contributed by atoms with van der Waals surface area (Å²) in [6.45, 7) is 0.391. The molecule has 1 fully saturated rings. The van der Waals surface area contributed by atoms with E-state index < -0.39 is 12.0 Å². The molecule has 0 unspecified atom stereocenters. The van der Waals surface area contributed by atoms with Crippen LogP contribution in [0.1, 0.15) is 0 Å². The van der Waals surface area contributed by atoms with Gasteiger partial charge in [0.2, 0.25) is 5.91 Å². The maximum absolute atomic E-state index is 11.9. The second kappa shape index (κ2) is 5.07. The molecule has 9 heteroatoms. The number of carbonyl (C=O) groups is 2. The van der Waals surface area contributed by atoms with Crippen molar-refractivity contribution < 1.29 is 19.2 Å². The zero-order chi connectivity index (χ0) is 16.1. The lowest BCUT2D eigenvalue weighted by Crippen LogP contribution is -2.68. The van der Waals surface area contributed by atoms with Crippen LogP contribution in [0.2, 0.25) is 0 Å². The number of amides is 1. The van der Waals surface area contributed by atoms with Gasteiger partial charge in [-0.15, -0.1) is 16.3 Å². The van der Waals surface area contributed by atoms with Gasteiger partial charge in [0.1, 0.15) is 29.9 Å². The number of rotatable bonds is 3. The van der Waals surface area contributed by atoms with Crippen molar-refractivity contribution in [3.63, 3.8) is 0 Å². The Labute approximate surface area is 135 Å². The molecule has 3 N–H and O–H groups in total. The van der Waals surface area contributed by atoms with Gasteiger partial charge in [-0.3, -0.25) is 9.69 Å². The zero-order valence-corrected chi connectivity index (χ0v) is 12.8. The van der Waals surface area contributed by atoms with Gasteiger partial charge in [0.25, 0.3) is 0 Å². The minimum Gasteiger partial charge on any atom is -0.477 e. The smallest absolute Gasteiger partial charge is 0.352 e. The Hall–Kier alpha value is -2.39. The molecule has 0 aromatic carbocycles. The van der Waals surface area contributed by atoms with E-state index in [9.17, 15) is 14.7 Å². The van der Waals surface area contributed by atoms with E-state index in [2.05, 4.69) is 5.10 Å². The van der Waals surface area contributed by atoms with Crippen molar-refractivity contribution in [2.75, 3.05) is 5.75 Å². The van der Waals surface area contributed by atoms with Gasteiger partial charge >= 0.3 is 11.6 Å². The Morgan fingerprint density at radius 1 is 1.57 bits per heavy atom. The molecule has 118 valence electrons. The maximum Gasteiger partial charge on any atom is 0.352 e. The number of nitrogens with two attached hydrogens (primary N) is 1. The van der Waals surface area contributed by atoms with Gasteiger partial charge in [0.15, 0.2) is 6.20 Å². The second-order valence-electron chi connectivity index (χ2n) is 5.45. The molecular weight excluding hydrogens is 318 g/mol. The fourth-order valence-electron chi connectivity index (χ4n) is 2.98. The number of carbonyl (C=O) groups excluding carboxylic acids is 1. The predicted octanol–water partition coefficient (Wildman–Crippen LogP) is -0.797. The van der Waals surface area contributed by atoms with Crippen LogP contribution in [0.3, 0.4) is 0 Å². The molecule has 0 radical (unpaired) electrons. The molecule has 0 saturated carbocycles. The number of imidazole rings is 1. The maximum atomic E-state index is 11.9. The summed E-state index contributed by atoms with van der Waals surface area (Å²) in [5.74, 6) is -0.882. The Morgan fingerprint density at radius 2 is 2.39 bits per heavy atom. The van der Waals surface area contributed by atoms with E-state index in [1.165, 1.54) is 16.7 Å². The molecule has 1 saturated heterocycles. The third-order valence-electron chi connectivity index (χ3n) is 4.09. The molecule has 2 aromatic heterocycles. The second-order valence-corrected chi connectivity index (χ2v) is 6.55. The van der Waals surface area contributed by atoms with Crippen LogP contribution in [-0.4, -0.2) is 48.7 Å². The van der Waals surface area contributed by atoms with Crippen molar-refractivity contribution in [2.45, 2.75) is 18.0 Å². The van der Waals surface area contributed by atoms with Gasteiger partial charge in [-0.05, 0) is 6.07 Å². The first kappa shape index (κ1) is 14.2. The summed E-state index contributed by atoms with van der Waals surface area (Å²) in [5.41, 5.74) is 7.36. The first-order valence-corrected chi connectivity index (χ1v) is 8.10. The summed E-state index contributed by atoms with van der Waals surface area (Å²) >= 11 is 1.50. The Morgan fingerprint density at radius 3 is 3.17 bits per heavy atom. The van der Waals surface area contributed by atoms with Gasteiger partial charge < -0.3 is 10.8 Å². The zero-order valence-electron chi connectivity index (χ0n) is 12.0. The number of thioether (sulfide) groups is 1. The molecule has 4 heterocycles. The van der Waals surface area contributed by atoms with Crippen LogP contribution in [0, 0.1) is 0 Å². The van der Waals surface area contributed by atoms with Crippen molar-refractivity contribution in [1.82, 2.24) is 14.6 Å². The van der Waals surface area contributed by atoms with Crippen molar-refractivity contribution in [2.24, 2.45) is 5.73 Å². The number of hydrogen-bond donors (Lipinski definition) is 2. The molecule has 2 aromatic rings. The monoisotopic (exact) mass is 332 g/mol. The van der Waals surface area contributed by atoms with Crippen LogP contribution in [0.5, 0.6) is 0 Å². The largest absolute Gasteiger partial charge is 0.477 e. The molecule has 0 aliphatic carbocycles. The molecule has 0 bridgehead atoms. The van der Waals surface area contributed by atoms with Gasteiger partial charge in [0, 0.05) is 17.4 Å². The van der Waals surface area contributed by atoms with Crippen LogP contribution in [0.25, 0.3) is 5.65 Å². The van der Waals surface area contributed by atoms with E-state index in [-0.39, 0.29) is 17.0 Å². The number of aromatic nitrogens is 3. The van der Waals surface area contributed by atoms with Crippen LogP contribution in [-0.2, 0) is 16.1 Å². The average Bonchev–Trinajstić information content (AvgIpc) is 2.96. The number of β-lactam (4-membered cyclic amide) rings is 1. The average molecular weight is 332 g/mol. The number of carboxylic acids is 1. The van der Waals surface area contributed by atoms with Gasteiger partial charge in [-0.2, -0.15) is 0 Å².